The maximum absolute atomic E-state index is 2.56. The van der Waals surface area contributed by atoms with Gasteiger partial charge in [-0.15, -0.1) is 0 Å². The van der Waals surface area contributed by atoms with Crippen LogP contribution in [0, 0.1) is 11.8 Å². The lowest BCUT2D eigenvalue weighted by Gasteiger charge is -2.24. The van der Waals surface area contributed by atoms with Crippen molar-refractivity contribution in [2.75, 3.05) is 13.6 Å². The zero-order valence-electron chi connectivity index (χ0n) is 9.01. The summed E-state index contributed by atoms with van der Waals surface area (Å²) in [7, 11) is 2.28. The average molecular weight is 169 g/mol. The van der Waals surface area contributed by atoms with Gasteiger partial charge in [0.2, 0.25) is 0 Å². The van der Waals surface area contributed by atoms with Gasteiger partial charge >= 0.3 is 0 Å². The zero-order chi connectivity index (χ0) is 9.14. The maximum atomic E-state index is 2.56. The van der Waals surface area contributed by atoms with E-state index in [0.717, 1.165) is 17.9 Å². The number of nitrogens with zero attached hydrogens (tertiary/aromatic N) is 1. The first kappa shape index (κ1) is 10.0. The van der Waals surface area contributed by atoms with Crippen LogP contribution in [0.25, 0.3) is 0 Å². The lowest BCUT2D eigenvalue weighted by atomic mass is 9.87. The number of hydrogen-bond acceptors (Lipinski definition) is 1. The Balaban J connectivity index is 2.55. The second-order valence-electron chi connectivity index (χ2n) is 4.34. The van der Waals surface area contributed by atoms with Crippen molar-refractivity contribution in [3.8, 4) is 0 Å². The van der Waals surface area contributed by atoms with Crippen LogP contribution in [-0.4, -0.2) is 24.5 Å². The van der Waals surface area contributed by atoms with E-state index in [1.54, 1.807) is 0 Å². The molecule has 0 saturated carbocycles. The van der Waals surface area contributed by atoms with Gasteiger partial charge in [0.1, 0.15) is 0 Å². The molecule has 3 unspecified atom stereocenters. The molecule has 1 fully saturated rings. The minimum atomic E-state index is 0.870. The molecule has 0 aromatic carbocycles. The summed E-state index contributed by atoms with van der Waals surface area (Å²) < 4.78 is 0. The summed E-state index contributed by atoms with van der Waals surface area (Å²) in [5.74, 6) is 1.87. The van der Waals surface area contributed by atoms with Crippen molar-refractivity contribution in [3.05, 3.63) is 0 Å². The van der Waals surface area contributed by atoms with Crippen molar-refractivity contribution in [2.45, 2.75) is 46.1 Å². The Bertz CT molecular complexity index is 133. The summed E-state index contributed by atoms with van der Waals surface area (Å²) in [6.07, 6.45) is 4.08. The minimum Gasteiger partial charge on any atom is -0.303 e. The van der Waals surface area contributed by atoms with Crippen LogP contribution in [0.2, 0.25) is 0 Å². The molecule has 0 spiro atoms. The third-order valence-electron chi connectivity index (χ3n) is 3.42. The first-order chi connectivity index (χ1) is 5.70. The number of rotatable bonds is 3. The molecular weight excluding hydrogens is 146 g/mol. The van der Waals surface area contributed by atoms with Gasteiger partial charge in [0.25, 0.3) is 0 Å². The smallest absolute Gasteiger partial charge is 0.0123 e. The lowest BCUT2D eigenvalue weighted by molar-refractivity contribution is 0.249. The van der Waals surface area contributed by atoms with Gasteiger partial charge < -0.3 is 4.90 Å². The van der Waals surface area contributed by atoms with Crippen LogP contribution in [0.4, 0.5) is 0 Å². The molecule has 1 aliphatic rings. The summed E-state index contributed by atoms with van der Waals surface area (Å²) in [6, 6.07) is 0.870. The van der Waals surface area contributed by atoms with Crippen molar-refractivity contribution < 1.29 is 0 Å². The third-order valence-corrected chi connectivity index (χ3v) is 3.42. The first-order valence-electron chi connectivity index (χ1n) is 5.40. The zero-order valence-corrected chi connectivity index (χ0v) is 9.01. The highest BCUT2D eigenvalue weighted by atomic mass is 15.2. The van der Waals surface area contributed by atoms with Crippen molar-refractivity contribution >= 4 is 0 Å². The topological polar surface area (TPSA) is 3.24 Å². The van der Waals surface area contributed by atoms with Gasteiger partial charge in [-0.2, -0.15) is 0 Å². The molecule has 1 heterocycles. The van der Waals surface area contributed by atoms with Gasteiger partial charge in [-0.25, -0.2) is 0 Å². The van der Waals surface area contributed by atoms with Crippen LogP contribution in [0.3, 0.4) is 0 Å². The molecule has 1 nitrogen and oxygen atoms in total. The van der Waals surface area contributed by atoms with Crippen LogP contribution in [0.15, 0.2) is 0 Å². The molecule has 0 amide bonds. The monoisotopic (exact) mass is 169 g/mol. The van der Waals surface area contributed by atoms with E-state index < -0.39 is 0 Å². The van der Waals surface area contributed by atoms with Gasteiger partial charge in [0.15, 0.2) is 0 Å². The predicted octanol–water partition coefficient (Wildman–Crippen LogP) is 2.76. The fourth-order valence-electron chi connectivity index (χ4n) is 2.84. The minimum absolute atomic E-state index is 0.870. The summed E-state index contributed by atoms with van der Waals surface area (Å²) in [4.78, 5) is 2.56. The molecule has 3 atom stereocenters. The largest absolute Gasteiger partial charge is 0.303 e. The fourth-order valence-corrected chi connectivity index (χ4v) is 2.84. The number of likely N-dealkylation sites (tertiary alicyclic amines) is 1. The molecule has 1 heteroatoms. The summed E-state index contributed by atoms with van der Waals surface area (Å²) in [5.41, 5.74) is 0. The molecule has 1 rings (SSSR count). The second kappa shape index (κ2) is 4.27. The van der Waals surface area contributed by atoms with Crippen molar-refractivity contribution in [1.29, 1.82) is 0 Å². The van der Waals surface area contributed by atoms with Crippen LogP contribution >= 0.6 is 0 Å². The summed E-state index contributed by atoms with van der Waals surface area (Å²) in [5, 5.41) is 0. The van der Waals surface area contributed by atoms with E-state index in [1.165, 1.54) is 25.8 Å². The number of hydrogen-bond donors (Lipinski definition) is 0. The Kier molecular flexibility index (Phi) is 3.57. The van der Waals surface area contributed by atoms with E-state index >= 15 is 0 Å². The SMILES string of the molecule is CCCC1C(CC)C(C)CN1C. The Labute approximate surface area is 77.1 Å². The molecular formula is C11H23N. The van der Waals surface area contributed by atoms with E-state index in [1.807, 2.05) is 0 Å². The Morgan fingerprint density at radius 3 is 2.50 bits per heavy atom. The average Bonchev–Trinajstić information content (AvgIpc) is 2.28. The van der Waals surface area contributed by atoms with Crippen molar-refractivity contribution in [2.24, 2.45) is 11.8 Å². The van der Waals surface area contributed by atoms with E-state index in [2.05, 4.69) is 32.7 Å². The molecule has 1 saturated heterocycles. The first-order valence-corrected chi connectivity index (χ1v) is 5.40. The highest BCUT2D eigenvalue weighted by molar-refractivity contribution is 4.88. The third kappa shape index (κ3) is 1.82. The van der Waals surface area contributed by atoms with Gasteiger partial charge in [-0.1, -0.05) is 33.6 Å². The van der Waals surface area contributed by atoms with E-state index in [-0.39, 0.29) is 0 Å². The molecule has 0 aliphatic carbocycles. The Hall–Kier alpha value is -0.0400. The van der Waals surface area contributed by atoms with Gasteiger partial charge in [-0.05, 0) is 25.3 Å². The van der Waals surface area contributed by atoms with Gasteiger partial charge in [0, 0.05) is 12.6 Å². The van der Waals surface area contributed by atoms with Crippen molar-refractivity contribution in [1.82, 2.24) is 4.90 Å². The predicted molar refractivity (Wildman–Crippen MR) is 54.3 cm³/mol. The Morgan fingerprint density at radius 2 is 2.00 bits per heavy atom. The molecule has 0 aromatic heterocycles. The summed E-state index contributed by atoms with van der Waals surface area (Å²) in [6.45, 7) is 8.34. The molecule has 1 aliphatic heterocycles. The van der Waals surface area contributed by atoms with E-state index in [0.29, 0.717) is 0 Å². The van der Waals surface area contributed by atoms with Gasteiger partial charge in [-0.3, -0.25) is 0 Å². The highest BCUT2D eigenvalue weighted by Gasteiger charge is 2.34. The van der Waals surface area contributed by atoms with Crippen LogP contribution in [-0.2, 0) is 0 Å². The maximum Gasteiger partial charge on any atom is 0.0123 e. The molecule has 0 aromatic rings. The van der Waals surface area contributed by atoms with E-state index in [4.69, 9.17) is 0 Å². The lowest BCUT2D eigenvalue weighted by Crippen LogP contribution is -2.28. The van der Waals surface area contributed by atoms with Gasteiger partial charge in [0.05, 0.1) is 0 Å². The standard InChI is InChI=1S/C11H23N/c1-5-7-11-10(6-2)9(3)8-12(11)4/h9-11H,5-8H2,1-4H3. The summed E-state index contributed by atoms with van der Waals surface area (Å²) >= 11 is 0. The molecule has 0 radical (unpaired) electrons. The molecule has 0 N–H and O–H groups in total. The molecule has 0 bridgehead atoms. The van der Waals surface area contributed by atoms with Crippen LogP contribution in [0.5, 0.6) is 0 Å². The van der Waals surface area contributed by atoms with Crippen molar-refractivity contribution in [3.63, 3.8) is 0 Å². The normalized spacial score (nSPS) is 37.5. The molecule has 12 heavy (non-hydrogen) atoms. The quantitative estimate of drug-likeness (QED) is 0.628. The molecule has 72 valence electrons. The Morgan fingerprint density at radius 1 is 1.33 bits per heavy atom. The second-order valence-corrected chi connectivity index (χ2v) is 4.34. The van der Waals surface area contributed by atoms with Crippen LogP contribution in [0.1, 0.15) is 40.0 Å². The fraction of sp³-hybridized carbons (Fsp3) is 1.00. The van der Waals surface area contributed by atoms with Crippen LogP contribution < -0.4 is 0 Å². The van der Waals surface area contributed by atoms with E-state index in [9.17, 15) is 0 Å². The highest BCUT2D eigenvalue weighted by Crippen LogP contribution is 2.33.